The molecule has 22 heavy (non-hydrogen) atoms. The highest BCUT2D eigenvalue weighted by Gasteiger charge is 2.51. The normalized spacial score (nSPS) is 15.7. The minimum absolute atomic E-state index is 0.274. The van der Waals surface area contributed by atoms with Crippen LogP contribution in [0.4, 0.5) is 13.2 Å². The van der Waals surface area contributed by atoms with E-state index in [1.165, 1.54) is 18.2 Å². The maximum atomic E-state index is 12.5. The second-order valence-corrected chi connectivity index (χ2v) is 6.61. The Morgan fingerprint density at radius 2 is 1.68 bits per heavy atom. The molecule has 8 heteroatoms. The molecule has 0 aliphatic carbocycles. The zero-order chi connectivity index (χ0) is 16.6. The Bertz CT molecular complexity index is 782. The number of alkyl halides is 3. The van der Waals surface area contributed by atoms with Crippen molar-refractivity contribution in [1.82, 2.24) is 0 Å². The summed E-state index contributed by atoms with van der Waals surface area (Å²) < 4.78 is 65.7. The van der Waals surface area contributed by atoms with Crippen LogP contribution in [0.1, 0.15) is 6.92 Å². The van der Waals surface area contributed by atoms with Crippen molar-refractivity contribution in [2.75, 3.05) is 6.61 Å². The molecule has 0 aliphatic rings. The van der Waals surface area contributed by atoms with Crippen molar-refractivity contribution in [3.05, 3.63) is 42.5 Å². The summed E-state index contributed by atoms with van der Waals surface area (Å²) in [6.45, 7) is -0.964. The number of hydrogen-bond acceptors (Lipinski definition) is 4. The van der Waals surface area contributed by atoms with Gasteiger partial charge in [0, 0.05) is 0 Å². The molecule has 2 rings (SSSR count). The Labute approximate surface area is 125 Å². The third-order valence-corrected chi connectivity index (χ3v) is 4.37. The van der Waals surface area contributed by atoms with Crippen molar-refractivity contribution in [3.8, 4) is 0 Å². The van der Waals surface area contributed by atoms with Gasteiger partial charge in [-0.05, 0) is 29.8 Å². The van der Waals surface area contributed by atoms with E-state index in [0.29, 0.717) is 12.3 Å². The van der Waals surface area contributed by atoms with Crippen LogP contribution < -0.4 is 0 Å². The monoisotopic (exact) mass is 334 g/mol. The second-order valence-electron chi connectivity index (χ2n) is 5.00. The summed E-state index contributed by atoms with van der Waals surface area (Å²) in [4.78, 5) is -0.274. The second kappa shape index (κ2) is 5.53. The number of aliphatic hydroxyl groups is 1. The van der Waals surface area contributed by atoms with Crippen LogP contribution in [-0.4, -0.2) is 31.9 Å². The Morgan fingerprint density at radius 1 is 1.09 bits per heavy atom. The lowest BCUT2D eigenvalue weighted by molar-refractivity contribution is -0.260. The highest BCUT2D eigenvalue weighted by Crippen LogP contribution is 2.31. The van der Waals surface area contributed by atoms with Gasteiger partial charge in [-0.1, -0.05) is 30.3 Å². The standard InChI is InChI=1S/C14H13F3O4S/c1-13(18,14(15,16)17)9-21-22(19,20)12-7-6-10-4-2-3-5-11(10)8-12/h2-8,18H,9H2,1H3/t13-/m0/s1. The smallest absolute Gasteiger partial charge is 0.379 e. The van der Waals surface area contributed by atoms with Gasteiger partial charge in [-0.15, -0.1) is 0 Å². The maximum Gasteiger partial charge on any atom is 0.419 e. The summed E-state index contributed by atoms with van der Waals surface area (Å²) in [6.07, 6.45) is -4.99. The molecule has 0 bridgehead atoms. The summed E-state index contributed by atoms with van der Waals surface area (Å²) >= 11 is 0. The van der Waals surface area contributed by atoms with E-state index in [2.05, 4.69) is 4.18 Å². The highest BCUT2D eigenvalue weighted by atomic mass is 32.2. The molecule has 0 saturated carbocycles. The SMILES string of the molecule is C[C@](O)(COS(=O)(=O)c1ccc2ccccc2c1)C(F)(F)F. The fourth-order valence-electron chi connectivity index (χ4n) is 1.67. The van der Waals surface area contributed by atoms with E-state index in [4.69, 9.17) is 0 Å². The predicted octanol–water partition coefficient (Wildman–Crippen LogP) is 2.86. The van der Waals surface area contributed by atoms with Gasteiger partial charge in [0.15, 0.2) is 5.60 Å². The molecule has 0 heterocycles. The van der Waals surface area contributed by atoms with Crippen LogP contribution in [0.15, 0.2) is 47.4 Å². The molecule has 0 spiro atoms. The van der Waals surface area contributed by atoms with Crippen molar-refractivity contribution in [2.45, 2.75) is 23.6 Å². The Kier molecular flexibility index (Phi) is 4.20. The van der Waals surface area contributed by atoms with Crippen molar-refractivity contribution in [3.63, 3.8) is 0 Å². The topological polar surface area (TPSA) is 63.6 Å². The van der Waals surface area contributed by atoms with Crippen LogP contribution in [0.2, 0.25) is 0 Å². The quantitative estimate of drug-likeness (QED) is 0.874. The largest absolute Gasteiger partial charge is 0.419 e. The summed E-state index contributed by atoms with van der Waals surface area (Å²) in [6, 6.07) is 11.0. The molecule has 0 aliphatic heterocycles. The van der Waals surface area contributed by atoms with Crippen LogP contribution in [0.5, 0.6) is 0 Å². The first-order valence-corrected chi connectivity index (χ1v) is 7.61. The minimum atomic E-state index is -4.99. The van der Waals surface area contributed by atoms with E-state index in [1.54, 1.807) is 24.3 Å². The van der Waals surface area contributed by atoms with E-state index in [-0.39, 0.29) is 4.90 Å². The fourth-order valence-corrected chi connectivity index (χ4v) is 2.69. The van der Waals surface area contributed by atoms with Gasteiger partial charge in [-0.2, -0.15) is 21.6 Å². The average Bonchev–Trinajstić information content (AvgIpc) is 2.44. The van der Waals surface area contributed by atoms with Gasteiger partial charge >= 0.3 is 6.18 Å². The molecular weight excluding hydrogens is 321 g/mol. The Balaban J connectivity index is 2.26. The lowest BCUT2D eigenvalue weighted by atomic mass is 10.1. The van der Waals surface area contributed by atoms with Crippen LogP contribution in [0, 0.1) is 0 Å². The lowest BCUT2D eigenvalue weighted by Crippen LogP contribution is -2.46. The van der Waals surface area contributed by atoms with Gasteiger partial charge < -0.3 is 5.11 Å². The van der Waals surface area contributed by atoms with Gasteiger partial charge in [0.1, 0.15) is 6.61 Å². The number of benzene rings is 2. The van der Waals surface area contributed by atoms with E-state index in [9.17, 15) is 26.7 Å². The van der Waals surface area contributed by atoms with Crippen LogP contribution in [0.25, 0.3) is 10.8 Å². The van der Waals surface area contributed by atoms with Crippen molar-refractivity contribution in [1.29, 1.82) is 0 Å². The van der Waals surface area contributed by atoms with Crippen LogP contribution >= 0.6 is 0 Å². The van der Waals surface area contributed by atoms with Gasteiger partial charge in [0.25, 0.3) is 10.1 Å². The van der Waals surface area contributed by atoms with Gasteiger partial charge in [-0.25, -0.2) is 0 Å². The van der Waals surface area contributed by atoms with E-state index < -0.39 is 28.5 Å². The first-order valence-electron chi connectivity index (χ1n) is 6.20. The molecule has 2 aromatic carbocycles. The summed E-state index contributed by atoms with van der Waals surface area (Å²) in [5, 5.41) is 10.6. The average molecular weight is 334 g/mol. The number of halogens is 3. The molecule has 0 saturated heterocycles. The van der Waals surface area contributed by atoms with Crippen LogP contribution in [-0.2, 0) is 14.3 Å². The molecule has 1 atom stereocenters. The Hall–Kier alpha value is -1.64. The molecule has 4 nitrogen and oxygen atoms in total. The van der Waals surface area contributed by atoms with E-state index in [0.717, 1.165) is 5.39 Å². The number of fused-ring (bicyclic) bond motifs is 1. The zero-order valence-corrected chi connectivity index (χ0v) is 12.3. The maximum absolute atomic E-state index is 12.5. The third kappa shape index (κ3) is 3.40. The molecular formula is C14H13F3O4S. The molecule has 0 unspecified atom stereocenters. The molecule has 2 aromatic rings. The lowest BCUT2D eigenvalue weighted by Gasteiger charge is -2.25. The molecule has 0 fully saturated rings. The molecule has 120 valence electrons. The molecule has 0 radical (unpaired) electrons. The predicted molar refractivity (Wildman–Crippen MR) is 73.8 cm³/mol. The first kappa shape index (κ1) is 16.7. The van der Waals surface area contributed by atoms with Crippen molar-refractivity contribution >= 4 is 20.9 Å². The van der Waals surface area contributed by atoms with E-state index in [1.807, 2.05) is 0 Å². The summed E-state index contributed by atoms with van der Waals surface area (Å²) in [7, 11) is -4.41. The third-order valence-electron chi connectivity index (χ3n) is 3.12. The van der Waals surface area contributed by atoms with Crippen molar-refractivity contribution in [2.24, 2.45) is 0 Å². The van der Waals surface area contributed by atoms with Gasteiger partial charge in [-0.3, -0.25) is 4.18 Å². The number of hydrogen-bond donors (Lipinski definition) is 1. The molecule has 0 aromatic heterocycles. The van der Waals surface area contributed by atoms with Crippen LogP contribution in [0.3, 0.4) is 0 Å². The highest BCUT2D eigenvalue weighted by molar-refractivity contribution is 7.86. The van der Waals surface area contributed by atoms with E-state index >= 15 is 0 Å². The number of rotatable bonds is 4. The fraction of sp³-hybridized carbons (Fsp3) is 0.286. The van der Waals surface area contributed by atoms with Gasteiger partial charge in [0.2, 0.25) is 0 Å². The summed E-state index contributed by atoms with van der Waals surface area (Å²) in [5.74, 6) is 0. The zero-order valence-electron chi connectivity index (χ0n) is 11.5. The Morgan fingerprint density at radius 3 is 2.27 bits per heavy atom. The molecule has 1 N–H and O–H groups in total. The van der Waals surface area contributed by atoms with Gasteiger partial charge in [0.05, 0.1) is 4.90 Å². The minimum Gasteiger partial charge on any atom is -0.379 e. The molecule has 0 amide bonds. The summed E-state index contributed by atoms with van der Waals surface area (Å²) in [5.41, 5.74) is -3.25. The first-order chi connectivity index (χ1) is 10.0. The van der Waals surface area contributed by atoms with Crippen molar-refractivity contribution < 1.29 is 30.9 Å².